The number of piperidine rings is 1. The van der Waals surface area contributed by atoms with Gasteiger partial charge in [-0.3, -0.25) is 9.59 Å². The van der Waals surface area contributed by atoms with E-state index >= 15 is 0 Å². The zero-order valence-corrected chi connectivity index (χ0v) is 18.5. The summed E-state index contributed by atoms with van der Waals surface area (Å²) in [5.41, 5.74) is 1.02. The number of rotatable bonds is 6. The summed E-state index contributed by atoms with van der Waals surface area (Å²) in [7, 11) is 4.56. The van der Waals surface area contributed by atoms with Gasteiger partial charge in [-0.15, -0.1) is 0 Å². The Labute approximate surface area is 187 Å². The second kappa shape index (κ2) is 9.38. The molecule has 8 heteroatoms. The Hall–Kier alpha value is -3.42. The van der Waals surface area contributed by atoms with Gasteiger partial charge >= 0.3 is 0 Å². The van der Waals surface area contributed by atoms with Gasteiger partial charge in [-0.1, -0.05) is 0 Å². The van der Waals surface area contributed by atoms with Gasteiger partial charge in [-0.25, -0.2) is 0 Å². The number of ketones is 1. The Bertz CT molecular complexity index is 1010. The molecule has 0 radical (unpaired) electrons. The van der Waals surface area contributed by atoms with E-state index in [-0.39, 0.29) is 17.6 Å². The van der Waals surface area contributed by atoms with E-state index in [1.165, 1.54) is 21.3 Å². The van der Waals surface area contributed by atoms with Crippen molar-refractivity contribution >= 4 is 11.7 Å². The van der Waals surface area contributed by atoms with Crippen LogP contribution in [-0.2, 0) is 0 Å². The molecule has 0 unspecified atom stereocenters. The number of likely N-dealkylation sites (tertiary alicyclic amines) is 1. The van der Waals surface area contributed by atoms with Crippen LogP contribution in [0.4, 0.5) is 0 Å². The van der Waals surface area contributed by atoms with E-state index in [0.29, 0.717) is 79.0 Å². The van der Waals surface area contributed by atoms with Gasteiger partial charge in [0, 0.05) is 36.7 Å². The van der Waals surface area contributed by atoms with Gasteiger partial charge in [0.05, 0.1) is 26.9 Å². The van der Waals surface area contributed by atoms with E-state index in [9.17, 15) is 9.59 Å². The fraction of sp³-hybridized carbons (Fsp3) is 0.417. The first-order valence-electron chi connectivity index (χ1n) is 10.6. The highest BCUT2D eigenvalue weighted by molar-refractivity contribution is 6.00. The van der Waals surface area contributed by atoms with Gasteiger partial charge in [-0.05, 0) is 31.0 Å². The number of amides is 1. The molecular formula is C24H27NO7. The molecule has 1 amide bonds. The van der Waals surface area contributed by atoms with Crippen LogP contribution in [0.3, 0.4) is 0 Å². The van der Waals surface area contributed by atoms with Crippen molar-refractivity contribution in [1.82, 2.24) is 4.90 Å². The van der Waals surface area contributed by atoms with Crippen LogP contribution >= 0.6 is 0 Å². The molecule has 4 rings (SSSR count). The van der Waals surface area contributed by atoms with Gasteiger partial charge in [0.15, 0.2) is 28.8 Å². The minimum absolute atomic E-state index is 0.0674. The third kappa shape index (κ3) is 4.17. The second-order valence-corrected chi connectivity index (χ2v) is 7.70. The lowest BCUT2D eigenvalue weighted by Gasteiger charge is -2.32. The predicted molar refractivity (Wildman–Crippen MR) is 116 cm³/mol. The number of hydrogen-bond acceptors (Lipinski definition) is 7. The highest BCUT2D eigenvalue weighted by Crippen LogP contribution is 2.36. The van der Waals surface area contributed by atoms with Crippen molar-refractivity contribution in [3.05, 3.63) is 41.5 Å². The third-order valence-corrected chi connectivity index (χ3v) is 5.92. The van der Waals surface area contributed by atoms with Gasteiger partial charge in [0.25, 0.3) is 5.91 Å². The molecule has 0 spiro atoms. The molecule has 0 N–H and O–H groups in total. The topological polar surface area (TPSA) is 83.5 Å². The van der Waals surface area contributed by atoms with Crippen molar-refractivity contribution in [2.75, 3.05) is 47.6 Å². The molecule has 0 bridgehead atoms. The fourth-order valence-corrected chi connectivity index (χ4v) is 4.14. The van der Waals surface area contributed by atoms with Gasteiger partial charge in [-0.2, -0.15) is 0 Å². The van der Waals surface area contributed by atoms with Gasteiger partial charge < -0.3 is 28.6 Å². The van der Waals surface area contributed by atoms with E-state index in [4.69, 9.17) is 23.7 Å². The molecule has 2 aliphatic rings. The Kier molecular flexibility index (Phi) is 6.39. The summed E-state index contributed by atoms with van der Waals surface area (Å²) in [5.74, 6) is 2.40. The van der Waals surface area contributed by atoms with E-state index in [2.05, 4.69) is 0 Å². The molecule has 2 aromatic rings. The number of Topliss-reactive ketones (excluding diaryl/α,β-unsaturated/α-hetero) is 1. The van der Waals surface area contributed by atoms with Crippen LogP contribution in [0.1, 0.15) is 33.6 Å². The Morgan fingerprint density at radius 1 is 0.844 bits per heavy atom. The maximum Gasteiger partial charge on any atom is 0.257 e. The average molecular weight is 441 g/mol. The molecular weight excluding hydrogens is 414 g/mol. The average Bonchev–Trinajstić information content (AvgIpc) is 2.86. The third-order valence-electron chi connectivity index (χ3n) is 5.92. The molecule has 2 aliphatic heterocycles. The number of hydrogen-bond donors (Lipinski definition) is 0. The molecule has 0 aromatic heterocycles. The van der Waals surface area contributed by atoms with Crippen LogP contribution in [0.5, 0.6) is 28.7 Å². The van der Waals surface area contributed by atoms with Gasteiger partial charge in [0.2, 0.25) is 0 Å². The van der Waals surface area contributed by atoms with E-state index < -0.39 is 0 Å². The molecule has 1 saturated heterocycles. The summed E-state index contributed by atoms with van der Waals surface area (Å²) in [5, 5.41) is 0. The standard InChI is InChI=1S/C24H27NO7/c1-28-19-14-21(30-3)20(29-2)13-17(19)24(27)25-8-6-15(7-9-25)23(26)16-4-5-18-22(12-16)32-11-10-31-18/h4-5,12-15H,6-11H2,1-3H3. The lowest BCUT2D eigenvalue weighted by molar-refractivity contribution is 0.0647. The lowest BCUT2D eigenvalue weighted by atomic mass is 9.88. The molecule has 170 valence electrons. The summed E-state index contributed by atoms with van der Waals surface area (Å²) in [6.45, 7) is 1.96. The van der Waals surface area contributed by atoms with Crippen molar-refractivity contribution in [1.29, 1.82) is 0 Å². The summed E-state index contributed by atoms with van der Waals surface area (Å²) >= 11 is 0. The van der Waals surface area contributed by atoms with Crippen LogP contribution in [0, 0.1) is 5.92 Å². The number of carbonyl (C=O) groups is 2. The number of methoxy groups -OCH3 is 3. The minimum atomic E-state index is -0.159. The SMILES string of the molecule is COc1cc(OC)c(C(=O)N2CCC(C(=O)c3ccc4c(c3)OCCO4)CC2)cc1OC. The number of benzene rings is 2. The van der Waals surface area contributed by atoms with Crippen LogP contribution in [-0.4, -0.2) is 64.2 Å². The normalized spacial score (nSPS) is 15.8. The van der Waals surface area contributed by atoms with E-state index in [1.807, 2.05) is 0 Å². The molecule has 0 saturated carbocycles. The number of fused-ring (bicyclic) bond motifs is 1. The van der Waals surface area contributed by atoms with Crippen molar-refractivity contribution in [2.24, 2.45) is 5.92 Å². The van der Waals surface area contributed by atoms with Crippen LogP contribution in [0.2, 0.25) is 0 Å². The summed E-state index contributed by atoms with van der Waals surface area (Å²) < 4.78 is 27.2. The summed E-state index contributed by atoms with van der Waals surface area (Å²) in [6, 6.07) is 8.59. The molecule has 0 aliphatic carbocycles. The largest absolute Gasteiger partial charge is 0.496 e. The van der Waals surface area contributed by atoms with Crippen molar-refractivity contribution < 1.29 is 33.3 Å². The minimum Gasteiger partial charge on any atom is -0.496 e. The highest BCUT2D eigenvalue weighted by atomic mass is 16.6. The Morgan fingerprint density at radius 2 is 1.47 bits per heavy atom. The van der Waals surface area contributed by atoms with E-state index in [1.54, 1.807) is 35.2 Å². The van der Waals surface area contributed by atoms with Crippen molar-refractivity contribution in [3.63, 3.8) is 0 Å². The fourth-order valence-electron chi connectivity index (χ4n) is 4.14. The molecule has 2 aromatic carbocycles. The van der Waals surface area contributed by atoms with Gasteiger partial charge in [0.1, 0.15) is 19.0 Å². The summed E-state index contributed by atoms with van der Waals surface area (Å²) in [4.78, 5) is 28.0. The summed E-state index contributed by atoms with van der Waals surface area (Å²) in [6.07, 6.45) is 1.18. The van der Waals surface area contributed by atoms with Crippen LogP contribution in [0.25, 0.3) is 0 Å². The maximum absolute atomic E-state index is 13.2. The predicted octanol–water partition coefficient (Wildman–Crippen LogP) is 3.22. The molecule has 8 nitrogen and oxygen atoms in total. The monoisotopic (exact) mass is 441 g/mol. The molecule has 1 fully saturated rings. The number of nitrogens with zero attached hydrogens (tertiary/aromatic N) is 1. The van der Waals surface area contributed by atoms with Crippen LogP contribution < -0.4 is 23.7 Å². The Morgan fingerprint density at radius 3 is 2.12 bits per heavy atom. The second-order valence-electron chi connectivity index (χ2n) is 7.70. The highest BCUT2D eigenvalue weighted by Gasteiger charge is 2.30. The molecule has 32 heavy (non-hydrogen) atoms. The quantitative estimate of drug-likeness (QED) is 0.637. The number of carbonyl (C=O) groups excluding carboxylic acids is 2. The molecule has 0 atom stereocenters. The van der Waals surface area contributed by atoms with Crippen LogP contribution in [0.15, 0.2) is 30.3 Å². The first-order chi connectivity index (χ1) is 15.5. The first kappa shape index (κ1) is 21.8. The van der Waals surface area contributed by atoms with Crippen molar-refractivity contribution in [2.45, 2.75) is 12.8 Å². The number of ether oxygens (including phenoxy) is 5. The smallest absolute Gasteiger partial charge is 0.257 e. The lowest BCUT2D eigenvalue weighted by Crippen LogP contribution is -2.40. The van der Waals surface area contributed by atoms with Crippen molar-refractivity contribution in [3.8, 4) is 28.7 Å². The first-order valence-corrected chi connectivity index (χ1v) is 10.6. The Balaban J connectivity index is 1.44. The zero-order valence-electron chi connectivity index (χ0n) is 18.5. The van der Waals surface area contributed by atoms with E-state index in [0.717, 1.165) is 0 Å². The maximum atomic E-state index is 13.2. The molecule has 2 heterocycles. The zero-order chi connectivity index (χ0) is 22.7.